The predicted octanol–water partition coefficient (Wildman–Crippen LogP) is 9.72. The molecule has 0 saturated carbocycles. The van der Waals surface area contributed by atoms with E-state index in [1.807, 2.05) is 32.0 Å². The summed E-state index contributed by atoms with van der Waals surface area (Å²) in [4.78, 5) is 0. The second kappa shape index (κ2) is 15.8. The Balaban J connectivity index is 1.71. The molecule has 2 N–H and O–H groups in total. The zero-order valence-corrected chi connectivity index (χ0v) is 21.5. The minimum Gasteiger partial charge on any atom is -0.508 e. The van der Waals surface area contributed by atoms with E-state index in [1.54, 1.807) is 6.07 Å². The number of para-hydroxylation sites is 1. The van der Waals surface area contributed by atoms with Crippen LogP contribution < -0.4 is 0 Å². The molecule has 0 amide bonds. The lowest BCUT2D eigenvalue weighted by atomic mass is 9.84. The molecule has 2 heteroatoms. The van der Waals surface area contributed by atoms with Crippen LogP contribution in [0.25, 0.3) is 0 Å². The van der Waals surface area contributed by atoms with Crippen molar-refractivity contribution in [1.29, 1.82) is 0 Å². The number of hydrogen-bond acceptors (Lipinski definition) is 2. The van der Waals surface area contributed by atoms with Crippen LogP contribution in [0.15, 0.2) is 36.4 Å². The van der Waals surface area contributed by atoms with E-state index in [2.05, 4.69) is 19.1 Å². The SMILES string of the molecule is CCCCCCCCCCCCCCCCC(c1ccc(O)c(C)c1)c1cccc(C)c1O. The van der Waals surface area contributed by atoms with Crippen LogP contribution in [0.4, 0.5) is 0 Å². The first-order chi connectivity index (χ1) is 16.0. The Morgan fingerprint density at radius 3 is 1.73 bits per heavy atom. The van der Waals surface area contributed by atoms with E-state index in [9.17, 15) is 10.2 Å². The maximum absolute atomic E-state index is 10.7. The normalized spacial score (nSPS) is 12.2. The lowest BCUT2D eigenvalue weighted by molar-refractivity contribution is 0.455. The second-order valence-corrected chi connectivity index (χ2v) is 10.00. The summed E-state index contributed by atoms with van der Waals surface area (Å²) in [6, 6.07) is 11.9. The largest absolute Gasteiger partial charge is 0.508 e. The Morgan fingerprint density at radius 1 is 0.636 bits per heavy atom. The van der Waals surface area contributed by atoms with E-state index in [4.69, 9.17) is 0 Å². The van der Waals surface area contributed by atoms with Gasteiger partial charge in [-0.25, -0.2) is 0 Å². The molecular formula is C31H48O2. The lowest BCUT2D eigenvalue weighted by Gasteiger charge is -2.21. The third kappa shape index (κ3) is 9.82. The van der Waals surface area contributed by atoms with Crippen LogP contribution >= 0.6 is 0 Å². The molecule has 184 valence electrons. The Morgan fingerprint density at radius 2 is 1.18 bits per heavy atom. The average Bonchev–Trinajstić information content (AvgIpc) is 2.81. The zero-order chi connectivity index (χ0) is 23.9. The number of aryl methyl sites for hydroxylation is 2. The Hall–Kier alpha value is -1.96. The summed E-state index contributed by atoms with van der Waals surface area (Å²) < 4.78 is 0. The van der Waals surface area contributed by atoms with Crippen molar-refractivity contribution in [2.45, 2.75) is 123 Å². The monoisotopic (exact) mass is 452 g/mol. The minimum atomic E-state index is 0.168. The molecule has 0 spiro atoms. The van der Waals surface area contributed by atoms with Gasteiger partial charge in [-0.1, -0.05) is 127 Å². The van der Waals surface area contributed by atoms with E-state index in [0.29, 0.717) is 11.5 Å². The molecule has 0 bridgehead atoms. The molecule has 0 aliphatic rings. The summed E-state index contributed by atoms with van der Waals surface area (Å²) in [5, 5.41) is 20.7. The summed E-state index contributed by atoms with van der Waals surface area (Å²) in [6.45, 7) is 6.19. The van der Waals surface area contributed by atoms with Gasteiger partial charge in [-0.15, -0.1) is 0 Å². The smallest absolute Gasteiger partial charge is 0.122 e. The molecule has 0 saturated heterocycles. The number of unbranched alkanes of at least 4 members (excludes halogenated alkanes) is 13. The van der Waals surface area contributed by atoms with Crippen LogP contribution in [0.1, 0.15) is 131 Å². The molecule has 0 aliphatic carbocycles. The van der Waals surface area contributed by atoms with Crippen molar-refractivity contribution in [3.8, 4) is 11.5 Å². The number of phenols is 2. The van der Waals surface area contributed by atoms with Crippen molar-refractivity contribution in [2.75, 3.05) is 0 Å². The summed E-state index contributed by atoms with van der Waals surface area (Å²) in [7, 11) is 0. The molecule has 0 aliphatic heterocycles. The molecule has 1 unspecified atom stereocenters. The number of aromatic hydroxyl groups is 2. The van der Waals surface area contributed by atoms with E-state index in [0.717, 1.165) is 29.5 Å². The van der Waals surface area contributed by atoms with E-state index in [1.165, 1.54) is 89.0 Å². The predicted molar refractivity (Wildman–Crippen MR) is 142 cm³/mol. The minimum absolute atomic E-state index is 0.168. The molecule has 2 rings (SSSR count). The van der Waals surface area contributed by atoms with Crippen molar-refractivity contribution < 1.29 is 10.2 Å². The molecule has 0 heterocycles. The van der Waals surface area contributed by atoms with Crippen LogP contribution in [-0.2, 0) is 0 Å². The summed E-state index contributed by atoms with van der Waals surface area (Å²) in [6.07, 6.45) is 20.1. The van der Waals surface area contributed by atoms with E-state index < -0.39 is 0 Å². The third-order valence-corrected chi connectivity index (χ3v) is 7.11. The van der Waals surface area contributed by atoms with Crippen molar-refractivity contribution in [2.24, 2.45) is 0 Å². The molecule has 2 aromatic rings. The Labute approximate surface area is 203 Å². The van der Waals surface area contributed by atoms with Gasteiger partial charge in [0.15, 0.2) is 0 Å². The van der Waals surface area contributed by atoms with Gasteiger partial charge in [0, 0.05) is 11.5 Å². The van der Waals surface area contributed by atoms with Crippen molar-refractivity contribution in [3.05, 3.63) is 58.7 Å². The van der Waals surface area contributed by atoms with Gasteiger partial charge < -0.3 is 10.2 Å². The standard InChI is InChI=1S/C31H48O2/c1-4-5-6-7-8-9-10-11-12-13-14-15-16-17-20-28(27-22-23-30(32)26(3)24-27)29-21-18-19-25(2)31(29)33/h18-19,21-24,28,32-33H,4-17,20H2,1-3H3. The van der Waals surface area contributed by atoms with Crippen molar-refractivity contribution >= 4 is 0 Å². The average molecular weight is 453 g/mol. The maximum atomic E-state index is 10.7. The van der Waals surface area contributed by atoms with Crippen LogP contribution in [0, 0.1) is 13.8 Å². The van der Waals surface area contributed by atoms with Crippen molar-refractivity contribution in [3.63, 3.8) is 0 Å². The zero-order valence-electron chi connectivity index (χ0n) is 21.5. The third-order valence-electron chi connectivity index (χ3n) is 7.11. The number of rotatable bonds is 17. The van der Waals surface area contributed by atoms with E-state index in [-0.39, 0.29) is 5.92 Å². The lowest BCUT2D eigenvalue weighted by Crippen LogP contribution is -2.03. The van der Waals surface area contributed by atoms with Gasteiger partial charge >= 0.3 is 0 Å². The quantitative estimate of drug-likeness (QED) is 0.234. The van der Waals surface area contributed by atoms with Gasteiger partial charge in [-0.05, 0) is 43.0 Å². The highest BCUT2D eigenvalue weighted by atomic mass is 16.3. The fourth-order valence-electron chi connectivity index (χ4n) is 4.90. The molecule has 0 fully saturated rings. The van der Waals surface area contributed by atoms with Gasteiger partial charge in [0.1, 0.15) is 11.5 Å². The summed E-state index contributed by atoms with van der Waals surface area (Å²) >= 11 is 0. The fraction of sp³-hybridized carbons (Fsp3) is 0.613. The molecule has 0 aromatic heterocycles. The van der Waals surface area contributed by atoms with Gasteiger partial charge in [0.2, 0.25) is 0 Å². The van der Waals surface area contributed by atoms with Gasteiger partial charge in [0.05, 0.1) is 0 Å². The molecule has 1 atom stereocenters. The number of phenolic OH excluding ortho intramolecular Hbond substituents is 2. The fourth-order valence-corrected chi connectivity index (χ4v) is 4.90. The first-order valence-corrected chi connectivity index (χ1v) is 13.6. The molecular weight excluding hydrogens is 404 g/mol. The van der Waals surface area contributed by atoms with E-state index >= 15 is 0 Å². The Kier molecular flexibility index (Phi) is 13.1. The molecule has 33 heavy (non-hydrogen) atoms. The molecule has 0 radical (unpaired) electrons. The highest BCUT2D eigenvalue weighted by Gasteiger charge is 2.19. The van der Waals surface area contributed by atoms with Crippen LogP contribution in [0.5, 0.6) is 11.5 Å². The first kappa shape index (κ1) is 27.3. The van der Waals surface area contributed by atoms with Gasteiger partial charge in [0.25, 0.3) is 0 Å². The highest BCUT2D eigenvalue weighted by Crippen LogP contribution is 2.38. The van der Waals surface area contributed by atoms with Gasteiger partial charge in [-0.3, -0.25) is 0 Å². The summed E-state index contributed by atoms with van der Waals surface area (Å²) in [5.74, 6) is 0.919. The topological polar surface area (TPSA) is 40.5 Å². The highest BCUT2D eigenvalue weighted by molar-refractivity contribution is 5.47. The number of hydrogen-bond donors (Lipinski definition) is 2. The summed E-state index contributed by atoms with van der Waals surface area (Å²) in [5.41, 5.74) is 4.01. The molecule has 2 nitrogen and oxygen atoms in total. The van der Waals surface area contributed by atoms with Crippen LogP contribution in [0.3, 0.4) is 0 Å². The van der Waals surface area contributed by atoms with Gasteiger partial charge in [-0.2, -0.15) is 0 Å². The second-order valence-electron chi connectivity index (χ2n) is 10.00. The molecule has 2 aromatic carbocycles. The van der Waals surface area contributed by atoms with Crippen molar-refractivity contribution in [1.82, 2.24) is 0 Å². The van der Waals surface area contributed by atoms with Crippen LogP contribution in [-0.4, -0.2) is 10.2 Å². The first-order valence-electron chi connectivity index (χ1n) is 13.6. The number of benzene rings is 2. The van der Waals surface area contributed by atoms with Crippen LogP contribution in [0.2, 0.25) is 0 Å². The maximum Gasteiger partial charge on any atom is 0.122 e. The Bertz CT molecular complexity index is 796.